The summed E-state index contributed by atoms with van der Waals surface area (Å²) in [5.74, 6) is 0.492. The molecule has 12 rings (SSSR count). The van der Waals surface area contributed by atoms with Gasteiger partial charge in [0.25, 0.3) is 0 Å². The topological polar surface area (TPSA) is 52.6 Å². The van der Waals surface area contributed by atoms with Crippen LogP contribution in [0.4, 0.5) is 0 Å². The minimum Gasteiger partial charge on any atom is -0.462 e. The Bertz CT molecular complexity index is 3940. The van der Waals surface area contributed by atoms with E-state index in [0.29, 0.717) is 25.0 Å². The van der Waals surface area contributed by atoms with Crippen molar-refractivity contribution in [1.82, 2.24) is 0 Å². The molecule has 0 saturated heterocycles. The van der Waals surface area contributed by atoms with Crippen molar-refractivity contribution < 1.29 is 19.1 Å². The Labute approximate surface area is 569 Å². The highest BCUT2D eigenvalue weighted by atomic mass is 16.5. The predicted octanol–water partition coefficient (Wildman–Crippen LogP) is 26.1. The zero-order valence-corrected chi connectivity index (χ0v) is 58.4. The summed E-state index contributed by atoms with van der Waals surface area (Å²) < 4.78 is 12.5. The molecule has 4 heteroatoms. The monoisotopic (exact) mass is 1260 g/mol. The smallest absolute Gasteiger partial charge is 0.338 e. The molecule has 2 aliphatic carbocycles. The van der Waals surface area contributed by atoms with E-state index in [1.807, 2.05) is 0 Å². The van der Waals surface area contributed by atoms with E-state index in [1.165, 1.54) is 167 Å². The fraction of sp³-hybridized carbons (Fsp3) is 0.451. The van der Waals surface area contributed by atoms with Crippen molar-refractivity contribution in [3.63, 3.8) is 0 Å². The Balaban J connectivity index is 0.644. The van der Waals surface area contributed by atoms with Crippen LogP contribution in [0.25, 0.3) is 86.9 Å². The molecule has 0 spiro atoms. The van der Waals surface area contributed by atoms with Crippen LogP contribution in [0.3, 0.4) is 0 Å². The molecule has 10 aromatic rings. The number of unbranched alkanes of at least 4 members (excludes halogenated alkanes) is 12. The Kier molecular flexibility index (Phi) is 23.9. The molecule has 0 radical (unpaired) electrons. The number of esters is 2. The molecule has 2 aliphatic rings. The largest absolute Gasteiger partial charge is 0.462 e. The van der Waals surface area contributed by atoms with Gasteiger partial charge in [-0.05, 0) is 298 Å². The molecule has 4 nitrogen and oxygen atoms in total. The van der Waals surface area contributed by atoms with E-state index < -0.39 is 0 Å². The minimum atomic E-state index is -0.169. The van der Waals surface area contributed by atoms with Gasteiger partial charge in [-0.25, -0.2) is 9.59 Å². The molecule has 0 N–H and O–H groups in total. The summed E-state index contributed by atoms with van der Waals surface area (Å²) in [6.07, 6.45) is 47.1. The van der Waals surface area contributed by atoms with Crippen LogP contribution < -0.4 is 0 Å². The Morgan fingerprint density at radius 3 is 1.01 bits per heavy atom. The van der Waals surface area contributed by atoms with Gasteiger partial charge in [0.05, 0.1) is 24.3 Å². The fourth-order valence-corrected chi connectivity index (χ4v) is 16.3. The van der Waals surface area contributed by atoms with E-state index >= 15 is 0 Å². The van der Waals surface area contributed by atoms with Crippen LogP contribution in [0.15, 0.2) is 146 Å². The molecule has 2 unspecified atom stereocenters. The first kappa shape index (κ1) is 67.7. The maximum Gasteiger partial charge on any atom is 0.338 e. The highest BCUT2D eigenvalue weighted by molar-refractivity contribution is 6.30. The number of aryl methyl sites for hydroxylation is 6. The predicted molar refractivity (Wildman–Crippen MR) is 407 cm³/mol. The van der Waals surface area contributed by atoms with E-state index in [-0.39, 0.29) is 11.9 Å². The second kappa shape index (κ2) is 33.6. The lowest BCUT2D eigenvalue weighted by Gasteiger charge is -2.21. The normalized spacial score (nSPS) is 16.3. The zero-order chi connectivity index (χ0) is 65.3. The third kappa shape index (κ3) is 16.1. The van der Waals surface area contributed by atoms with Gasteiger partial charge in [-0.2, -0.15) is 0 Å². The van der Waals surface area contributed by atoms with Crippen LogP contribution in [0.5, 0.6) is 0 Å². The average molecular weight is 1270 g/mol. The van der Waals surface area contributed by atoms with Gasteiger partial charge in [0.15, 0.2) is 0 Å². The van der Waals surface area contributed by atoms with Crippen molar-refractivity contribution in [3.05, 3.63) is 190 Å². The van der Waals surface area contributed by atoms with Crippen molar-refractivity contribution in [2.45, 2.75) is 240 Å². The molecular weight excluding hydrogens is 1160 g/mol. The SMILES string of the molecule is CCCCc1cc(C(=O)OCC2CC/C=C\CCC2)c2ccc3c(CCCC)cc(-c4ccc(CCCCCCCCCCCc5ccc(-c6cc(CCCC)c7ccc8c(C(=O)OCC9CC/C=C\CCC9)cc(CCCC)c9ccc6c7c98)cc5)cc4)c4ccc1c2c34. The molecule has 0 bridgehead atoms. The van der Waals surface area contributed by atoms with Crippen molar-refractivity contribution >= 4 is 76.6 Å². The lowest BCUT2D eigenvalue weighted by atomic mass is 9.83. The standard InChI is InChI=1S/C91H108O4/c1-5-9-38-70-58-82(78-54-50-76-72(40-11-7-3)60-84(80-56-52-74(70)86(78)88(76)80)90(92)94-62-66-34-28-22-18-23-29-35-66)68-46-42-64(43-47-68)32-26-20-16-14-13-15-17-21-27-33-65-44-48-69(49-45-65)83-59-71(39-10-6-2)75-53-57-81-85(91(93)95-63-67-36-30-24-19-25-31-37-67)61-73(41-12-8-4)77-51-55-79(83)87(75)89(77)81/h18-19,22,24,42-61,66-67H,5-17,20-21,23,25-41,62-63H2,1-4H3/b22-18-,24-19-. The van der Waals surface area contributed by atoms with Crippen molar-refractivity contribution in [1.29, 1.82) is 0 Å². The second-order valence-electron chi connectivity index (χ2n) is 28.9. The van der Waals surface area contributed by atoms with Gasteiger partial charge >= 0.3 is 11.9 Å². The van der Waals surface area contributed by atoms with Crippen LogP contribution in [0.1, 0.15) is 255 Å². The molecule has 0 amide bonds. The maximum absolute atomic E-state index is 14.3. The van der Waals surface area contributed by atoms with Gasteiger partial charge in [0, 0.05) is 0 Å². The summed E-state index contributed by atoms with van der Waals surface area (Å²) in [6.45, 7) is 10.1. The molecule has 0 aromatic heterocycles. The van der Waals surface area contributed by atoms with Gasteiger partial charge in [-0.1, -0.05) is 220 Å². The van der Waals surface area contributed by atoms with E-state index in [4.69, 9.17) is 9.47 Å². The number of hydrogen-bond acceptors (Lipinski definition) is 4. The maximum atomic E-state index is 14.3. The van der Waals surface area contributed by atoms with Gasteiger partial charge in [-0.15, -0.1) is 0 Å². The summed E-state index contributed by atoms with van der Waals surface area (Å²) >= 11 is 0. The molecule has 2 atom stereocenters. The Morgan fingerprint density at radius 1 is 0.326 bits per heavy atom. The molecule has 0 heterocycles. The quantitative estimate of drug-likeness (QED) is 0.0182. The van der Waals surface area contributed by atoms with Crippen molar-refractivity contribution in [2.75, 3.05) is 13.2 Å². The zero-order valence-electron chi connectivity index (χ0n) is 58.4. The van der Waals surface area contributed by atoms with Crippen LogP contribution in [0, 0.1) is 11.8 Å². The highest BCUT2D eigenvalue weighted by Crippen LogP contribution is 2.46. The van der Waals surface area contributed by atoms with Crippen molar-refractivity contribution in [3.8, 4) is 22.3 Å². The number of benzene rings is 10. The number of hydrogen-bond donors (Lipinski definition) is 0. The summed E-state index contributed by atoms with van der Waals surface area (Å²) in [5, 5.41) is 14.9. The molecule has 0 fully saturated rings. The summed E-state index contributed by atoms with van der Waals surface area (Å²) in [6, 6.07) is 46.9. The van der Waals surface area contributed by atoms with Gasteiger partial charge in [0.1, 0.15) is 0 Å². The van der Waals surface area contributed by atoms with Gasteiger partial charge < -0.3 is 9.47 Å². The molecule has 496 valence electrons. The molecule has 10 aromatic carbocycles. The molecule has 0 saturated carbocycles. The minimum absolute atomic E-state index is 0.169. The van der Waals surface area contributed by atoms with E-state index in [9.17, 15) is 9.59 Å². The Morgan fingerprint density at radius 2 is 0.642 bits per heavy atom. The summed E-state index contributed by atoms with van der Waals surface area (Å²) in [7, 11) is 0. The summed E-state index contributed by atoms with van der Waals surface area (Å²) in [5.41, 5.74) is 14.8. The number of allylic oxidation sites excluding steroid dienone is 4. The average Bonchev–Trinajstić information content (AvgIpc) is 0.725. The number of ether oxygens (including phenoxy) is 2. The van der Waals surface area contributed by atoms with E-state index in [0.717, 1.165) is 176 Å². The van der Waals surface area contributed by atoms with E-state index in [1.54, 1.807) is 0 Å². The lowest BCUT2D eigenvalue weighted by molar-refractivity contribution is 0.0418. The van der Waals surface area contributed by atoms with E-state index in [2.05, 4.69) is 173 Å². The highest BCUT2D eigenvalue weighted by Gasteiger charge is 2.26. The van der Waals surface area contributed by atoms with Crippen molar-refractivity contribution in [2.24, 2.45) is 11.8 Å². The lowest BCUT2D eigenvalue weighted by Crippen LogP contribution is -2.15. The molecule has 95 heavy (non-hydrogen) atoms. The third-order valence-electron chi connectivity index (χ3n) is 21.9. The van der Waals surface area contributed by atoms with Crippen LogP contribution in [0.2, 0.25) is 0 Å². The summed E-state index contributed by atoms with van der Waals surface area (Å²) in [4.78, 5) is 28.6. The third-order valence-corrected chi connectivity index (χ3v) is 21.9. The molecule has 0 aliphatic heterocycles. The Hall–Kier alpha value is -7.30. The molecular formula is C91H108O4. The van der Waals surface area contributed by atoms with Crippen LogP contribution in [-0.2, 0) is 48.0 Å². The van der Waals surface area contributed by atoms with Gasteiger partial charge in [-0.3, -0.25) is 0 Å². The van der Waals surface area contributed by atoms with Crippen LogP contribution >= 0.6 is 0 Å². The number of rotatable bonds is 32. The number of carbonyl (C=O) groups is 2. The first-order chi connectivity index (χ1) is 46.8. The second-order valence-corrected chi connectivity index (χ2v) is 28.9. The first-order valence-corrected chi connectivity index (χ1v) is 38.2. The fourth-order valence-electron chi connectivity index (χ4n) is 16.3. The van der Waals surface area contributed by atoms with Gasteiger partial charge in [0.2, 0.25) is 0 Å². The first-order valence-electron chi connectivity index (χ1n) is 38.2. The number of carbonyl (C=O) groups excluding carboxylic acids is 2. The van der Waals surface area contributed by atoms with Crippen LogP contribution in [-0.4, -0.2) is 25.2 Å².